The van der Waals surface area contributed by atoms with Gasteiger partial charge in [0.15, 0.2) is 0 Å². The molecule has 3 heterocycles. The summed E-state index contributed by atoms with van der Waals surface area (Å²) in [5, 5.41) is 9.91. The predicted molar refractivity (Wildman–Crippen MR) is 119 cm³/mol. The second-order valence-electron chi connectivity index (χ2n) is 8.42. The second-order valence-corrected chi connectivity index (χ2v) is 8.42. The van der Waals surface area contributed by atoms with E-state index >= 15 is 0 Å². The molecule has 0 bridgehead atoms. The number of nitrogens with one attached hydrogen (secondary N) is 1. The number of carboxylic acid groups (broad SMARTS) is 1. The number of fused-ring (bicyclic) bond motifs is 2. The molecule has 2 fully saturated rings. The number of imidazole rings is 1. The maximum absolute atomic E-state index is 11.7. The molecule has 2 aliphatic heterocycles. The number of benzene rings is 2. The molecular formula is C24H28N4O3. The van der Waals surface area contributed by atoms with Crippen LogP contribution in [-0.2, 0) is 22.7 Å². The predicted octanol–water partition coefficient (Wildman–Crippen LogP) is 2.66. The minimum absolute atomic E-state index is 0.203. The molecule has 31 heavy (non-hydrogen) atoms. The summed E-state index contributed by atoms with van der Waals surface area (Å²) in [4.78, 5) is 27.5. The Kier molecular flexibility index (Phi) is 6.32. The first-order valence-corrected chi connectivity index (χ1v) is 10.6. The Bertz CT molecular complexity index is 1060. The number of likely N-dealkylation sites (tertiary alicyclic amines) is 1. The molecule has 1 aromatic heterocycles. The van der Waals surface area contributed by atoms with Gasteiger partial charge in [0.1, 0.15) is 5.82 Å². The van der Waals surface area contributed by atoms with Crippen LogP contribution in [0.25, 0.3) is 11.0 Å². The maximum atomic E-state index is 11.7. The summed E-state index contributed by atoms with van der Waals surface area (Å²) < 4.78 is 2.35. The van der Waals surface area contributed by atoms with Crippen molar-refractivity contribution in [2.45, 2.75) is 26.4 Å². The Labute approximate surface area is 181 Å². The third-order valence-corrected chi connectivity index (χ3v) is 6.22. The number of amides is 1. The second kappa shape index (κ2) is 9.31. The fourth-order valence-corrected chi connectivity index (χ4v) is 4.68. The number of aromatic nitrogens is 2. The van der Waals surface area contributed by atoms with Gasteiger partial charge in [-0.2, -0.15) is 0 Å². The lowest BCUT2D eigenvalue weighted by Crippen LogP contribution is -2.39. The molecule has 7 heteroatoms. The largest absolute Gasteiger partial charge is 0.483 e. The topological polar surface area (TPSA) is 87.5 Å². The molecule has 2 N–H and O–H groups in total. The highest BCUT2D eigenvalue weighted by atomic mass is 16.3. The molecule has 2 atom stereocenters. The average molecular weight is 421 g/mol. The van der Waals surface area contributed by atoms with E-state index in [2.05, 4.69) is 70.2 Å². The van der Waals surface area contributed by atoms with E-state index in [1.807, 2.05) is 0 Å². The van der Waals surface area contributed by atoms with Crippen molar-refractivity contribution in [2.75, 3.05) is 19.6 Å². The van der Waals surface area contributed by atoms with Crippen LogP contribution in [0.1, 0.15) is 23.4 Å². The van der Waals surface area contributed by atoms with Gasteiger partial charge in [-0.05, 0) is 36.5 Å². The van der Waals surface area contributed by atoms with Crippen molar-refractivity contribution in [3.8, 4) is 0 Å². The Balaban J connectivity index is 0.000000730. The van der Waals surface area contributed by atoms with E-state index in [1.54, 1.807) is 0 Å². The molecule has 2 aromatic carbocycles. The number of hydrogen-bond acceptors (Lipinski definition) is 4. The number of carbonyl (C=O) groups is 2. The van der Waals surface area contributed by atoms with Crippen molar-refractivity contribution in [2.24, 2.45) is 11.8 Å². The average Bonchev–Trinajstić information content (AvgIpc) is 3.31. The van der Waals surface area contributed by atoms with Crippen LogP contribution in [0, 0.1) is 18.8 Å². The van der Waals surface area contributed by atoms with Crippen LogP contribution in [0.4, 0.5) is 0 Å². The van der Waals surface area contributed by atoms with E-state index in [1.165, 1.54) is 16.6 Å². The Hall–Kier alpha value is -3.19. The standard InChI is InChI=1S/C23H26N4O.CH2O2/c1-16-6-8-17(9-7-16)12-27-21-5-3-2-4-20(21)25-22(27)15-26-13-18-10-23(28)24-11-19(18)14-26;2-1-3/h2-9,18-19H,10-15H2,1H3,(H,24,28);1H,(H,2,3)/t18-,19+;/m1./s1. The molecule has 1 amide bonds. The molecule has 2 saturated heterocycles. The molecule has 0 unspecified atom stereocenters. The van der Waals surface area contributed by atoms with E-state index < -0.39 is 0 Å². The molecular weight excluding hydrogens is 392 g/mol. The Morgan fingerprint density at radius 2 is 1.81 bits per heavy atom. The first kappa shape index (κ1) is 21.1. The normalized spacial score (nSPS) is 20.6. The summed E-state index contributed by atoms with van der Waals surface area (Å²) in [5.41, 5.74) is 4.81. The smallest absolute Gasteiger partial charge is 0.290 e. The minimum Gasteiger partial charge on any atom is -0.483 e. The fourth-order valence-electron chi connectivity index (χ4n) is 4.68. The first-order valence-electron chi connectivity index (χ1n) is 10.6. The van der Waals surface area contributed by atoms with Gasteiger partial charge in [0.25, 0.3) is 6.47 Å². The minimum atomic E-state index is -0.250. The molecule has 0 saturated carbocycles. The summed E-state index contributed by atoms with van der Waals surface area (Å²) in [7, 11) is 0. The van der Waals surface area contributed by atoms with Crippen LogP contribution in [-0.4, -0.2) is 51.6 Å². The molecule has 2 aliphatic rings. The molecule has 5 rings (SSSR count). The van der Waals surface area contributed by atoms with E-state index in [0.29, 0.717) is 18.3 Å². The lowest BCUT2D eigenvalue weighted by molar-refractivity contribution is -0.124. The van der Waals surface area contributed by atoms with Gasteiger partial charge < -0.3 is 15.0 Å². The van der Waals surface area contributed by atoms with E-state index in [-0.39, 0.29) is 12.4 Å². The molecule has 0 aliphatic carbocycles. The highest BCUT2D eigenvalue weighted by Gasteiger charge is 2.37. The van der Waals surface area contributed by atoms with Crippen LogP contribution in [0.3, 0.4) is 0 Å². The summed E-state index contributed by atoms with van der Waals surface area (Å²) in [6.07, 6.45) is 0.668. The monoisotopic (exact) mass is 420 g/mol. The van der Waals surface area contributed by atoms with Gasteiger partial charge >= 0.3 is 0 Å². The van der Waals surface area contributed by atoms with Gasteiger partial charge in [-0.3, -0.25) is 14.5 Å². The number of hydrogen-bond donors (Lipinski definition) is 2. The molecule has 0 radical (unpaired) electrons. The van der Waals surface area contributed by atoms with Crippen molar-refractivity contribution < 1.29 is 14.7 Å². The van der Waals surface area contributed by atoms with Gasteiger partial charge in [0.05, 0.1) is 17.6 Å². The summed E-state index contributed by atoms with van der Waals surface area (Å²) in [6.45, 7) is 6.39. The first-order chi connectivity index (χ1) is 15.1. The van der Waals surface area contributed by atoms with Gasteiger partial charge in [-0.15, -0.1) is 0 Å². The number of nitrogens with zero attached hydrogens (tertiary/aromatic N) is 3. The zero-order chi connectivity index (χ0) is 21.8. The lowest BCUT2D eigenvalue weighted by atomic mass is 9.89. The van der Waals surface area contributed by atoms with E-state index in [0.717, 1.165) is 44.1 Å². The van der Waals surface area contributed by atoms with Crippen LogP contribution in [0.15, 0.2) is 48.5 Å². The summed E-state index contributed by atoms with van der Waals surface area (Å²) in [5.74, 6) is 2.38. The summed E-state index contributed by atoms with van der Waals surface area (Å²) >= 11 is 0. The third kappa shape index (κ3) is 4.77. The third-order valence-electron chi connectivity index (χ3n) is 6.22. The van der Waals surface area contributed by atoms with Crippen LogP contribution < -0.4 is 5.32 Å². The Morgan fingerprint density at radius 1 is 1.10 bits per heavy atom. The summed E-state index contributed by atoms with van der Waals surface area (Å²) in [6, 6.07) is 17.1. The SMILES string of the molecule is Cc1ccc(Cn2c(CN3C[C@H]4CC(=O)NC[C@H]4C3)nc3ccccc32)cc1.O=CO. The maximum Gasteiger partial charge on any atom is 0.290 e. The van der Waals surface area contributed by atoms with Crippen molar-refractivity contribution in [3.05, 3.63) is 65.5 Å². The number of para-hydroxylation sites is 2. The van der Waals surface area contributed by atoms with Crippen LogP contribution in [0.5, 0.6) is 0 Å². The zero-order valence-corrected chi connectivity index (χ0v) is 17.7. The van der Waals surface area contributed by atoms with E-state index in [9.17, 15) is 4.79 Å². The molecule has 7 nitrogen and oxygen atoms in total. The van der Waals surface area contributed by atoms with Gasteiger partial charge in [-0.1, -0.05) is 42.0 Å². The number of aryl methyl sites for hydroxylation is 1. The molecule has 0 spiro atoms. The van der Waals surface area contributed by atoms with Crippen molar-refractivity contribution in [3.63, 3.8) is 0 Å². The molecule has 3 aromatic rings. The van der Waals surface area contributed by atoms with Crippen molar-refractivity contribution in [1.82, 2.24) is 19.8 Å². The van der Waals surface area contributed by atoms with Gasteiger partial charge in [0.2, 0.25) is 5.91 Å². The lowest BCUT2D eigenvalue weighted by Gasteiger charge is -2.23. The quantitative estimate of drug-likeness (QED) is 0.634. The number of carbonyl (C=O) groups excluding carboxylic acids is 1. The number of rotatable bonds is 4. The highest BCUT2D eigenvalue weighted by molar-refractivity contribution is 5.77. The van der Waals surface area contributed by atoms with Crippen LogP contribution >= 0.6 is 0 Å². The Morgan fingerprint density at radius 3 is 2.58 bits per heavy atom. The van der Waals surface area contributed by atoms with Crippen molar-refractivity contribution >= 4 is 23.4 Å². The van der Waals surface area contributed by atoms with Gasteiger partial charge in [-0.25, -0.2) is 4.98 Å². The highest BCUT2D eigenvalue weighted by Crippen LogP contribution is 2.30. The fraction of sp³-hybridized carbons (Fsp3) is 0.375. The van der Waals surface area contributed by atoms with E-state index in [4.69, 9.17) is 14.9 Å². The van der Waals surface area contributed by atoms with Gasteiger partial charge in [0, 0.05) is 32.6 Å². The molecule has 162 valence electrons. The number of piperidine rings is 1. The van der Waals surface area contributed by atoms with Crippen LogP contribution in [0.2, 0.25) is 0 Å². The zero-order valence-electron chi connectivity index (χ0n) is 17.7. The van der Waals surface area contributed by atoms with Crippen molar-refractivity contribution in [1.29, 1.82) is 0 Å².